The van der Waals surface area contributed by atoms with Gasteiger partial charge in [-0.15, -0.1) is 11.3 Å². The molecule has 0 atom stereocenters. The van der Waals surface area contributed by atoms with Crippen molar-refractivity contribution in [3.63, 3.8) is 0 Å². The van der Waals surface area contributed by atoms with Crippen LogP contribution >= 0.6 is 27.3 Å². The Morgan fingerprint density at radius 3 is 2.62 bits per heavy atom. The van der Waals surface area contributed by atoms with Gasteiger partial charge in [-0.2, -0.15) is 4.31 Å². The van der Waals surface area contributed by atoms with Gasteiger partial charge >= 0.3 is 0 Å². The van der Waals surface area contributed by atoms with Gasteiger partial charge in [-0.3, -0.25) is 0 Å². The molecule has 0 radical (unpaired) electrons. The van der Waals surface area contributed by atoms with Crippen LogP contribution < -0.4 is 5.73 Å². The minimum absolute atomic E-state index is 0.0437. The monoisotopic (exact) mass is 392 g/mol. The molecule has 0 aliphatic heterocycles. The van der Waals surface area contributed by atoms with E-state index in [9.17, 15) is 12.8 Å². The first-order chi connectivity index (χ1) is 9.84. The molecule has 0 aliphatic carbocycles. The lowest BCUT2D eigenvalue weighted by Gasteiger charge is -2.20. The Balaban J connectivity index is 2.37. The van der Waals surface area contributed by atoms with Gasteiger partial charge in [-0.1, -0.05) is 6.92 Å². The fraction of sp³-hybridized carbons (Fsp3) is 0.231. The molecule has 0 saturated heterocycles. The van der Waals surface area contributed by atoms with Crippen molar-refractivity contribution in [3.05, 3.63) is 44.8 Å². The normalized spacial score (nSPS) is 12.0. The number of hydrogen-bond donors (Lipinski definition) is 1. The molecule has 0 saturated carbocycles. The van der Waals surface area contributed by atoms with Crippen LogP contribution in [0.15, 0.2) is 39.0 Å². The Morgan fingerprint density at radius 2 is 2.05 bits per heavy atom. The number of rotatable bonds is 5. The maximum Gasteiger partial charge on any atom is 0.245 e. The summed E-state index contributed by atoms with van der Waals surface area (Å²) in [6.45, 7) is 2.23. The van der Waals surface area contributed by atoms with Crippen LogP contribution in [-0.2, 0) is 16.6 Å². The van der Waals surface area contributed by atoms with Gasteiger partial charge in [0.15, 0.2) is 0 Å². The standard InChI is InChI=1S/C13H14BrFN2O2S2/c1-2-17(8-10-4-6-13(14)20-10)21(18,19)12-7-9(15)3-5-11(12)16/h3-7H,2,8,16H2,1H3. The second kappa shape index (κ2) is 6.43. The van der Waals surface area contributed by atoms with Crippen LogP contribution in [-0.4, -0.2) is 19.3 Å². The lowest BCUT2D eigenvalue weighted by atomic mass is 10.3. The van der Waals surface area contributed by atoms with Crippen molar-refractivity contribution in [2.75, 3.05) is 12.3 Å². The highest BCUT2D eigenvalue weighted by atomic mass is 79.9. The summed E-state index contributed by atoms with van der Waals surface area (Å²) >= 11 is 4.80. The lowest BCUT2D eigenvalue weighted by molar-refractivity contribution is 0.426. The second-order valence-electron chi connectivity index (χ2n) is 4.32. The van der Waals surface area contributed by atoms with E-state index in [2.05, 4.69) is 15.9 Å². The number of hydrogen-bond acceptors (Lipinski definition) is 4. The molecule has 2 aromatic rings. The Hall–Kier alpha value is -0.960. The summed E-state index contributed by atoms with van der Waals surface area (Å²) in [6.07, 6.45) is 0. The second-order valence-corrected chi connectivity index (χ2v) is 8.77. The number of sulfonamides is 1. The molecular weight excluding hydrogens is 379 g/mol. The topological polar surface area (TPSA) is 63.4 Å². The summed E-state index contributed by atoms with van der Waals surface area (Å²) in [5.41, 5.74) is 5.73. The molecule has 4 nitrogen and oxygen atoms in total. The number of nitrogen functional groups attached to an aromatic ring is 1. The molecule has 0 bridgehead atoms. The van der Waals surface area contributed by atoms with Gasteiger partial charge in [0.05, 0.1) is 9.47 Å². The molecule has 0 fully saturated rings. The minimum atomic E-state index is -3.83. The zero-order chi connectivity index (χ0) is 15.6. The molecule has 21 heavy (non-hydrogen) atoms. The summed E-state index contributed by atoms with van der Waals surface area (Å²) in [4.78, 5) is 0.697. The Kier molecular flexibility index (Phi) is 5.03. The molecule has 1 heterocycles. The van der Waals surface area contributed by atoms with Crippen LogP contribution in [0, 0.1) is 5.82 Å². The van der Waals surface area contributed by atoms with Gasteiger partial charge in [0.1, 0.15) is 10.7 Å². The third-order valence-electron chi connectivity index (χ3n) is 2.91. The predicted molar refractivity (Wildman–Crippen MR) is 86.1 cm³/mol. The molecule has 1 aromatic carbocycles. The van der Waals surface area contributed by atoms with E-state index in [1.165, 1.54) is 21.7 Å². The van der Waals surface area contributed by atoms with Crippen molar-refractivity contribution in [2.45, 2.75) is 18.4 Å². The highest BCUT2D eigenvalue weighted by Crippen LogP contribution is 2.28. The van der Waals surface area contributed by atoms with Gasteiger partial charge in [0.25, 0.3) is 0 Å². The van der Waals surface area contributed by atoms with Gasteiger partial charge in [0, 0.05) is 18.0 Å². The maximum absolute atomic E-state index is 13.3. The van der Waals surface area contributed by atoms with Crippen molar-refractivity contribution in [2.24, 2.45) is 0 Å². The molecule has 8 heteroatoms. The zero-order valence-electron chi connectivity index (χ0n) is 11.2. The Labute approximate surface area is 135 Å². The molecule has 1 aromatic heterocycles. The molecule has 0 unspecified atom stereocenters. The summed E-state index contributed by atoms with van der Waals surface area (Å²) in [7, 11) is -3.83. The molecule has 114 valence electrons. The fourth-order valence-corrected chi connectivity index (χ4v) is 4.98. The largest absolute Gasteiger partial charge is 0.398 e. The third-order valence-corrected chi connectivity index (χ3v) is 6.49. The van der Waals surface area contributed by atoms with Crippen molar-refractivity contribution in [1.29, 1.82) is 0 Å². The van der Waals surface area contributed by atoms with E-state index in [0.717, 1.165) is 20.8 Å². The fourth-order valence-electron chi connectivity index (χ4n) is 1.85. The van der Waals surface area contributed by atoms with Crippen molar-refractivity contribution < 1.29 is 12.8 Å². The van der Waals surface area contributed by atoms with Gasteiger partial charge in [-0.05, 0) is 46.3 Å². The van der Waals surface area contributed by atoms with Gasteiger partial charge in [0.2, 0.25) is 10.0 Å². The first kappa shape index (κ1) is 16.4. The third kappa shape index (κ3) is 3.63. The van der Waals surface area contributed by atoms with Crippen molar-refractivity contribution in [3.8, 4) is 0 Å². The number of thiophene rings is 1. The Bertz CT molecular complexity index is 746. The van der Waals surface area contributed by atoms with Crippen LogP contribution in [0.3, 0.4) is 0 Å². The molecule has 0 aliphatic rings. The Morgan fingerprint density at radius 1 is 1.33 bits per heavy atom. The average molecular weight is 393 g/mol. The minimum Gasteiger partial charge on any atom is -0.398 e. The summed E-state index contributed by atoms with van der Waals surface area (Å²) in [5, 5.41) is 0. The van der Waals surface area contributed by atoms with Crippen LogP contribution in [0.1, 0.15) is 11.8 Å². The number of benzene rings is 1. The summed E-state index contributed by atoms with van der Waals surface area (Å²) in [6, 6.07) is 7.06. The van der Waals surface area contributed by atoms with E-state index in [4.69, 9.17) is 5.73 Å². The number of nitrogens with two attached hydrogens (primary N) is 1. The first-order valence-electron chi connectivity index (χ1n) is 6.14. The highest BCUT2D eigenvalue weighted by molar-refractivity contribution is 9.11. The summed E-state index contributed by atoms with van der Waals surface area (Å²) < 4.78 is 40.8. The van der Waals surface area contributed by atoms with Gasteiger partial charge < -0.3 is 5.73 Å². The van der Waals surface area contributed by atoms with E-state index in [1.54, 1.807) is 6.92 Å². The quantitative estimate of drug-likeness (QED) is 0.792. The van der Waals surface area contributed by atoms with Crippen molar-refractivity contribution in [1.82, 2.24) is 4.31 Å². The number of anilines is 1. The SMILES string of the molecule is CCN(Cc1ccc(Br)s1)S(=O)(=O)c1cc(F)ccc1N. The molecule has 2 N–H and O–H groups in total. The van der Waals surface area contributed by atoms with Crippen LogP contribution in [0.5, 0.6) is 0 Å². The molecule has 0 spiro atoms. The van der Waals surface area contributed by atoms with E-state index >= 15 is 0 Å². The van der Waals surface area contributed by atoms with Gasteiger partial charge in [-0.25, -0.2) is 12.8 Å². The van der Waals surface area contributed by atoms with E-state index in [1.807, 2.05) is 12.1 Å². The zero-order valence-corrected chi connectivity index (χ0v) is 14.4. The predicted octanol–water partition coefficient (Wildman–Crippen LogP) is 3.44. The average Bonchev–Trinajstić information content (AvgIpc) is 2.84. The van der Waals surface area contributed by atoms with E-state index in [0.29, 0.717) is 0 Å². The smallest absolute Gasteiger partial charge is 0.245 e. The molecular formula is C13H14BrFN2O2S2. The van der Waals surface area contributed by atoms with E-state index < -0.39 is 15.8 Å². The number of halogens is 2. The lowest BCUT2D eigenvalue weighted by Crippen LogP contribution is -2.30. The van der Waals surface area contributed by atoms with Crippen LogP contribution in [0.2, 0.25) is 0 Å². The summed E-state index contributed by atoms with van der Waals surface area (Å²) in [5.74, 6) is -0.627. The van der Waals surface area contributed by atoms with Crippen molar-refractivity contribution >= 4 is 43.0 Å². The highest BCUT2D eigenvalue weighted by Gasteiger charge is 2.26. The van der Waals surface area contributed by atoms with Crippen LogP contribution in [0.4, 0.5) is 10.1 Å². The van der Waals surface area contributed by atoms with Crippen LogP contribution in [0.25, 0.3) is 0 Å². The molecule has 0 amide bonds. The molecule has 2 rings (SSSR count). The van der Waals surface area contributed by atoms with E-state index in [-0.39, 0.29) is 23.7 Å². The maximum atomic E-state index is 13.3. The number of nitrogens with zero attached hydrogens (tertiary/aromatic N) is 1. The first-order valence-corrected chi connectivity index (χ1v) is 9.19.